The predicted molar refractivity (Wildman–Crippen MR) is 137 cm³/mol. The summed E-state index contributed by atoms with van der Waals surface area (Å²) in [6.45, 7) is 2.04. The molecule has 0 unspecified atom stereocenters. The minimum absolute atomic E-state index is 0.122. The predicted octanol–water partition coefficient (Wildman–Crippen LogP) is 6.21. The van der Waals surface area contributed by atoms with E-state index in [1.807, 2.05) is 0 Å². The van der Waals surface area contributed by atoms with Crippen molar-refractivity contribution in [1.29, 1.82) is 0 Å². The van der Waals surface area contributed by atoms with Crippen molar-refractivity contribution in [3.8, 4) is 0 Å². The Balaban J connectivity index is 1.38. The van der Waals surface area contributed by atoms with E-state index in [2.05, 4.69) is 117 Å². The number of anilines is 3. The van der Waals surface area contributed by atoms with Crippen molar-refractivity contribution >= 4 is 17.1 Å². The maximum atomic E-state index is 3.87. The van der Waals surface area contributed by atoms with Crippen molar-refractivity contribution in [3.63, 3.8) is 0 Å². The molecule has 0 saturated carbocycles. The molecule has 0 spiro atoms. The molecule has 0 radical (unpaired) electrons. The number of para-hydroxylation sites is 3. The SMILES string of the molecule is c1ccc2c(c1)CCN([C@@H]1c3ccccc3N3[C@H]4c5ccccc5N[C@H]3c3ccccc3N41)C2. The zero-order chi connectivity index (χ0) is 22.2. The van der Waals surface area contributed by atoms with E-state index in [-0.39, 0.29) is 18.5 Å². The highest BCUT2D eigenvalue weighted by atomic mass is 15.5. The van der Waals surface area contributed by atoms with Gasteiger partial charge in [0.2, 0.25) is 0 Å². The van der Waals surface area contributed by atoms with E-state index < -0.39 is 0 Å². The van der Waals surface area contributed by atoms with E-state index in [1.54, 1.807) is 0 Å². The molecular weight excluding hydrogens is 416 g/mol. The van der Waals surface area contributed by atoms with Crippen molar-refractivity contribution in [2.75, 3.05) is 21.7 Å². The number of hydrogen-bond donors (Lipinski definition) is 1. The molecule has 4 aromatic carbocycles. The van der Waals surface area contributed by atoms with Gasteiger partial charge in [-0.05, 0) is 35.7 Å². The second kappa shape index (κ2) is 6.87. The van der Waals surface area contributed by atoms with Gasteiger partial charge in [0.15, 0.2) is 0 Å². The smallest absolute Gasteiger partial charge is 0.134 e. The van der Waals surface area contributed by atoms with Crippen molar-refractivity contribution in [1.82, 2.24) is 4.90 Å². The summed E-state index contributed by atoms with van der Waals surface area (Å²) in [6.07, 6.45) is 1.56. The lowest BCUT2D eigenvalue weighted by Crippen LogP contribution is -2.60. The Bertz CT molecular complexity index is 1430. The Kier molecular flexibility index (Phi) is 3.77. The molecule has 0 saturated heterocycles. The summed E-state index contributed by atoms with van der Waals surface area (Å²) in [5.41, 5.74) is 11.0. The van der Waals surface area contributed by atoms with Gasteiger partial charge in [0.1, 0.15) is 18.5 Å². The third-order valence-corrected chi connectivity index (χ3v) is 8.11. The van der Waals surface area contributed by atoms with E-state index in [4.69, 9.17) is 0 Å². The molecule has 4 aliphatic rings. The molecule has 0 aliphatic carbocycles. The molecule has 1 N–H and O–H groups in total. The Labute approximate surface area is 200 Å². The highest BCUT2D eigenvalue weighted by molar-refractivity contribution is 5.79. The first-order valence-electron chi connectivity index (χ1n) is 12.3. The van der Waals surface area contributed by atoms with Crippen LogP contribution < -0.4 is 15.1 Å². The van der Waals surface area contributed by atoms with Gasteiger partial charge in [-0.3, -0.25) is 4.90 Å². The van der Waals surface area contributed by atoms with Crippen molar-refractivity contribution in [3.05, 3.63) is 125 Å². The zero-order valence-corrected chi connectivity index (χ0v) is 18.9. The first-order valence-corrected chi connectivity index (χ1v) is 12.3. The molecule has 0 fully saturated rings. The molecule has 166 valence electrons. The number of benzene rings is 4. The van der Waals surface area contributed by atoms with Gasteiger partial charge in [0, 0.05) is 46.8 Å². The molecule has 3 atom stereocenters. The number of fused-ring (bicyclic) bond motifs is 6. The van der Waals surface area contributed by atoms with Gasteiger partial charge in [-0.1, -0.05) is 78.9 Å². The summed E-state index contributed by atoms with van der Waals surface area (Å²) in [6, 6.07) is 35.9. The average molecular weight is 443 g/mol. The highest BCUT2D eigenvalue weighted by Gasteiger charge is 2.52. The molecule has 0 aromatic heterocycles. The summed E-state index contributed by atoms with van der Waals surface area (Å²) in [4.78, 5) is 8.00. The van der Waals surface area contributed by atoms with Crippen LogP contribution in [0.1, 0.15) is 46.3 Å². The largest absolute Gasteiger partial charge is 0.361 e. The van der Waals surface area contributed by atoms with Gasteiger partial charge >= 0.3 is 0 Å². The summed E-state index contributed by atoms with van der Waals surface area (Å²) < 4.78 is 0. The van der Waals surface area contributed by atoms with Crippen molar-refractivity contribution in [2.45, 2.75) is 31.5 Å². The van der Waals surface area contributed by atoms with Crippen molar-refractivity contribution < 1.29 is 0 Å². The number of nitrogens with zero attached hydrogens (tertiary/aromatic N) is 3. The van der Waals surface area contributed by atoms with Crippen molar-refractivity contribution in [2.24, 2.45) is 0 Å². The first-order chi connectivity index (χ1) is 16.9. The lowest BCUT2D eigenvalue weighted by molar-refractivity contribution is 0.152. The third kappa shape index (κ3) is 2.41. The Hall–Kier alpha value is -3.76. The van der Waals surface area contributed by atoms with E-state index >= 15 is 0 Å². The molecule has 4 bridgehead atoms. The van der Waals surface area contributed by atoms with Crippen LogP contribution in [0.15, 0.2) is 97.1 Å². The summed E-state index contributed by atoms with van der Waals surface area (Å²) in [7, 11) is 0. The fourth-order valence-electron chi connectivity index (χ4n) is 6.68. The van der Waals surface area contributed by atoms with Gasteiger partial charge in [0.05, 0.1) is 0 Å². The molecule has 0 amide bonds. The Morgan fingerprint density at radius 1 is 0.588 bits per heavy atom. The average Bonchev–Trinajstić information content (AvgIpc) is 2.90. The number of nitrogens with one attached hydrogen (secondary N) is 1. The molecular formula is C30H26N4. The zero-order valence-electron chi connectivity index (χ0n) is 18.9. The first kappa shape index (κ1) is 18.6. The normalized spacial score (nSPS) is 23.8. The topological polar surface area (TPSA) is 21.8 Å². The number of hydrogen-bond acceptors (Lipinski definition) is 4. The maximum absolute atomic E-state index is 3.87. The van der Waals surface area contributed by atoms with Crippen LogP contribution in [-0.2, 0) is 13.0 Å². The summed E-state index contributed by atoms with van der Waals surface area (Å²) in [5.74, 6) is 0. The molecule has 4 aromatic rings. The van der Waals surface area contributed by atoms with Crippen LogP contribution in [0.25, 0.3) is 0 Å². The van der Waals surface area contributed by atoms with Crippen LogP contribution in [0.2, 0.25) is 0 Å². The second-order valence-corrected chi connectivity index (χ2v) is 9.80. The maximum Gasteiger partial charge on any atom is 0.134 e. The second-order valence-electron chi connectivity index (χ2n) is 9.80. The van der Waals surface area contributed by atoms with Gasteiger partial charge in [0.25, 0.3) is 0 Å². The van der Waals surface area contributed by atoms with E-state index in [0.29, 0.717) is 0 Å². The van der Waals surface area contributed by atoms with Crippen LogP contribution >= 0.6 is 0 Å². The molecule has 4 aliphatic heterocycles. The molecule has 4 nitrogen and oxygen atoms in total. The summed E-state index contributed by atoms with van der Waals surface area (Å²) >= 11 is 0. The Morgan fingerprint density at radius 2 is 1.24 bits per heavy atom. The van der Waals surface area contributed by atoms with Crippen LogP contribution in [-0.4, -0.2) is 11.4 Å². The van der Waals surface area contributed by atoms with E-state index in [0.717, 1.165) is 19.5 Å². The molecule has 4 heteroatoms. The van der Waals surface area contributed by atoms with Crippen LogP contribution in [0, 0.1) is 0 Å². The minimum atomic E-state index is 0.122. The molecule has 8 rings (SSSR count). The molecule has 4 heterocycles. The lowest BCUT2D eigenvalue weighted by Gasteiger charge is -2.62. The fourth-order valence-corrected chi connectivity index (χ4v) is 6.68. The lowest BCUT2D eigenvalue weighted by atomic mass is 9.87. The molecule has 34 heavy (non-hydrogen) atoms. The number of rotatable bonds is 1. The van der Waals surface area contributed by atoms with Gasteiger partial charge in [-0.15, -0.1) is 0 Å². The van der Waals surface area contributed by atoms with E-state index in [9.17, 15) is 0 Å². The fraction of sp³-hybridized carbons (Fsp3) is 0.200. The monoisotopic (exact) mass is 442 g/mol. The highest BCUT2D eigenvalue weighted by Crippen LogP contribution is 2.59. The minimum Gasteiger partial charge on any atom is -0.361 e. The van der Waals surface area contributed by atoms with Gasteiger partial charge in [-0.2, -0.15) is 0 Å². The third-order valence-electron chi connectivity index (χ3n) is 8.11. The van der Waals surface area contributed by atoms with E-state index in [1.165, 1.54) is 44.9 Å². The standard InChI is InChI=1S/C30H26N4/c1-2-10-21-19-32(18-17-20(21)9-1)29-24-13-5-8-16-27(24)33-28-23-12-4-7-15-26(23)34(29)30(33)22-11-3-6-14-25(22)31-28/h1-16,28-31H,17-19H2/t28-,29+,30-/m1/s1. The quantitative estimate of drug-likeness (QED) is 0.378. The van der Waals surface area contributed by atoms with Gasteiger partial charge < -0.3 is 15.1 Å². The van der Waals surface area contributed by atoms with Crippen LogP contribution in [0.5, 0.6) is 0 Å². The van der Waals surface area contributed by atoms with Crippen LogP contribution in [0.3, 0.4) is 0 Å². The van der Waals surface area contributed by atoms with Crippen LogP contribution in [0.4, 0.5) is 17.1 Å². The summed E-state index contributed by atoms with van der Waals surface area (Å²) in [5, 5.41) is 3.87. The van der Waals surface area contributed by atoms with Gasteiger partial charge in [-0.25, -0.2) is 0 Å². The Morgan fingerprint density at radius 3 is 2.09 bits per heavy atom.